The van der Waals surface area contributed by atoms with Crippen molar-refractivity contribution >= 4 is 5.69 Å². The average Bonchev–Trinajstić information content (AvgIpc) is 2.32. The Labute approximate surface area is 103 Å². The van der Waals surface area contributed by atoms with Gasteiger partial charge in [-0.1, -0.05) is 44.2 Å². The van der Waals surface area contributed by atoms with Gasteiger partial charge >= 0.3 is 0 Å². The molecule has 0 fully saturated rings. The summed E-state index contributed by atoms with van der Waals surface area (Å²) >= 11 is 0. The van der Waals surface area contributed by atoms with E-state index in [1.807, 2.05) is 6.07 Å². The third kappa shape index (κ3) is 2.50. The predicted octanol–water partition coefficient (Wildman–Crippen LogP) is 4.37. The fourth-order valence-corrected chi connectivity index (χ4v) is 2.02. The highest BCUT2D eigenvalue weighted by Gasteiger charge is 2.05. The van der Waals surface area contributed by atoms with Crippen molar-refractivity contribution in [3.63, 3.8) is 0 Å². The number of anilines is 1. The minimum absolute atomic E-state index is 0.552. The maximum atomic E-state index is 5.86. The van der Waals surface area contributed by atoms with Crippen molar-refractivity contribution in [2.24, 2.45) is 0 Å². The number of nitrogens with two attached hydrogens (primary N) is 1. The van der Waals surface area contributed by atoms with Gasteiger partial charge in [-0.05, 0) is 47.2 Å². The zero-order valence-electron chi connectivity index (χ0n) is 10.7. The highest BCUT2D eigenvalue weighted by Crippen LogP contribution is 2.28. The Kier molecular flexibility index (Phi) is 3.19. The summed E-state index contributed by atoms with van der Waals surface area (Å²) in [6, 6.07) is 14.8. The summed E-state index contributed by atoms with van der Waals surface area (Å²) in [4.78, 5) is 0. The lowest BCUT2D eigenvalue weighted by atomic mass is 9.95. The minimum atomic E-state index is 0.552. The lowest BCUT2D eigenvalue weighted by Crippen LogP contribution is -1.91. The van der Waals surface area contributed by atoms with E-state index in [2.05, 4.69) is 57.2 Å². The van der Waals surface area contributed by atoms with E-state index in [0.29, 0.717) is 5.92 Å². The van der Waals surface area contributed by atoms with Crippen LogP contribution in [0.4, 0.5) is 5.69 Å². The lowest BCUT2D eigenvalue weighted by molar-refractivity contribution is 0.867. The van der Waals surface area contributed by atoms with Crippen LogP contribution in [0.5, 0.6) is 0 Å². The molecule has 1 nitrogen and oxygen atoms in total. The van der Waals surface area contributed by atoms with Crippen LogP contribution in [0.3, 0.4) is 0 Å². The van der Waals surface area contributed by atoms with Crippen LogP contribution in [0.15, 0.2) is 42.5 Å². The smallest absolute Gasteiger partial charge is 0.0320 e. The first-order chi connectivity index (χ1) is 8.08. The van der Waals surface area contributed by atoms with Crippen LogP contribution in [0.25, 0.3) is 11.1 Å². The lowest BCUT2D eigenvalue weighted by Gasteiger charge is -2.11. The van der Waals surface area contributed by atoms with Crippen LogP contribution in [-0.4, -0.2) is 0 Å². The van der Waals surface area contributed by atoms with Gasteiger partial charge in [0.2, 0.25) is 0 Å². The number of hydrogen-bond acceptors (Lipinski definition) is 1. The van der Waals surface area contributed by atoms with Crippen molar-refractivity contribution in [2.75, 3.05) is 5.73 Å². The molecule has 0 atom stereocenters. The van der Waals surface area contributed by atoms with Crippen molar-refractivity contribution < 1.29 is 0 Å². The van der Waals surface area contributed by atoms with E-state index >= 15 is 0 Å². The number of aryl methyl sites for hydroxylation is 1. The van der Waals surface area contributed by atoms with Gasteiger partial charge in [-0.15, -0.1) is 0 Å². The molecule has 2 N–H and O–H groups in total. The normalized spacial score (nSPS) is 10.8. The van der Waals surface area contributed by atoms with Gasteiger partial charge in [0.1, 0.15) is 0 Å². The van der Waals surface area contributed by atoms with Crippen molar-refractivity contribution in [1.29, 1.82) is 0 Å². The van der Waals surface area contributed by atoms with Gasteiger partial charge < -0.3 is 5.73 Å². The molecule has 0 aliphatic rings. The van der Waals surface area contributed by atoms with Crippen LogP contribution in [0.1, 0.15) is 30.9 Å². The molecule has 0 saturated heterocycles. The molecular weight excluding hydrogens is 206 g/mol. The first-order valence-corrected chi connectivity index (χ1v) is 6.04. The van der Waals surface area contributed by atoms with Gasteiger partial charge in [-0.3, -0.25) is 0 Å². The minimum Gasteiger partial charge on any atom is -0.399 e. The molecule has 0 heterocycles. The summed E-state index contributed by atoms with van der Waals surface area (Å²) in [5.74, 6) is 0.552. The van der Waals surface area contributed by atoms with E-state index in [0.717, 1.165) is 5.69 Å². The van der Waals surface area contributed by atoms with E-state index in [-0.39, 0.29) is 0 Å². The molecule has 0 amide bonds. The Bertz CT molecular complexity index is 527. The maximum absolute atomic E-state index is 5.86. The van der Waals surface area contributed by atoms with Gasteiger partial charge in [-0.2, -0.15) is 0 Å². The number of rotatable bonds is 2. The van der Waals surface area contributed by atoms with Crippen molar-refractivity contribution in [3.05, 3.63) is 53.6 Å². The summed E-state index contributed by atoms with van der Waals surface area (Å²) in [7, 11) is 0. The topological polar surface area (TPSA) is 26.0 Å². The van der Waals surface area contributed by atoms with Crippen molar-refractivity contribution in [1.82, 2.24) is 0 Å². The van der Waals surface area contributed by atoms with E-state index in [1.165, 1.54) is 22.3 Å². The summed E-state index contributed by atoms with van der Waals surface area (Å²) in [6.07, 6.45) is 0. The highest BCUT2D eigenvalue weighted by atomic mass is 14.5. The molecule has 0 bridgehead atoms. The van der Waals surface area contributed by atoms with Gasteiger partial charge in [0.05, 0.1) is 0 Å². The zero-order valence-corrected chi connectivity index (χ0v) is 10.7. The predicted molar refractivity (Wildman–Crippen MR) is 75.1 cm³/mol. The third-order valence-corrected chi connectivity index (χ3v) is 3.13. The molecule has 0 unspecified atom stereocenters. The standard InChI is InChI=1S/C16H19N/c1-11(2)13-5-4-6-14(9-13)16-10-15(17)8-7-12(16)3/h4-11H,17H2,1-3H3. The SMILES string of the molecule is Cc1ccc(N)cc1-c1cccc(C(C)C)c1. The molecule has 0 saturated carbocycles. The van der Waals surface area contributed by atoms with Crippen LogP contribution in [0, 0.1) is 6.92 Å². The number of benzene rings is 2. The highest BCUT2D eigenvalue weighted by molar-refractivity contribution is 5.71. The third-order valence-electron chi connectivity index (χ3n) is 3.13. The van der Waals surface area contributed by atoms with Crippen molar-refractivity contribution in [3.8, 4) is 11.1 Å². The van der Waals surface area contributed by atoms with Crippen LogP contribution >= 0.6 is 0 Å². The summed E-state index contributed by atoms with van der Waals surface area (Å²) in [6.45, 7) is 6.55. The van der Waals surface area contributed by atoms with E-state index in [4.69, 9.17) is 5.73 Å². The Balaban J connectivity index is 2.52. The molecule has 0 radical (unpaired) electrons. The van der Waals surface area contributed by atoms with Crippen molar-refractivity contribution in [2.45, 2.75) is 26.7 Å². The van der Waals surface area contributed by atoms with Crippen LogP contribution in [-0.2, 0) is 0 Å². The molecular formula is C16H19N. The molecule has 0 spiro atoms. The quantitative estimate of drug-likeness (QED) is 0.755. The summed E-state index contributed by atoms with van der Waals surface area (Å²) < 4.78 is 0. The fourth-order valence-electron chi connectivity index (χ4n) is 2.02. The first-order valence-electron chi connectivity index (χ1n) is 6.04. The molecule has 2 aromatic carbocycles. The molecule has 17 heavy (non-hydrogen) atoms. The van der Waals surface area contributed by atoms with E-state index in [9.17, 15) is 0 Å². The maximum Gasteiger partial charge on any atom is 0.0320 e. The molecule has 2 aromatic rings. The van der Waals surface area contributed by atoms with Crippen LogP contribution in [0.2, 0.25) is 0 Å². The Morgan fingerprint density at radius 2 is 1.76 bits per heavy atom. The summed E-state index contributed by atoms with van der Waals surface area (Å²) in [5, 5.41) is 0. The molecule has 0 aliphatic carbocycles. The number of hydrogen-bond donors (Lipinski definition) is 1. The Morgan fingerprint density at radius 1 is 1.00 bits per heavy atom. The van der Waals surface area contributed by atoms with E-state index < -0.39 is 0 Å². The Morgan fingerprint density at radius 3 is 2.47 bits per heavy atom. The van der Waals surface area contributed by atoms with Gasteiger partial charge in [0.15, 0.2) is 0 Å². The van der Waals surface area contributed by atoms with E-state index in [1.54, 1.807) is 0 Å². The van der Waals surface area contributed by atoms with Gasteiger partial charge in [-0.25, -0.2) is 0 Å². The summed E-state index contributed by atoms with van der Waals surface area (Å²) in [5.41, 5.74) is 11.8. The molecule has 0 aliphatic heterocycles. The van der Waals surface area contributed by atoms with Crippen LogP contribution < -0.4 is 5.73 Å². The second-order valence-corrected chi connectivity index (χ2v) is 4.85. The number of nitrogen functional groups attached to an aromatic ring is 1. The largest absolute Gasteiger partial charge is 0.399 e. The monoisotopic (exact) mass is 225 g/mol. The second-order valence-electron chi connectivity index (χ2n) is 4.85. The molecule has 1 heteroatoms. The second kappa shape index (κ2) is 4.62. The van der Waals surface area contributed by atoms with Gasteiger partial charge in [0.25, 0.3) is 0 Å². The fraction of sp³-hybridized carbons (Fsp3) is 0.250. The Hall–Kier alpha value is -1.76. The molecule has 2 rings (SSSR count). The average molecular weight is 225 g/mol. The molecule has 0 aromatic heterocycles. The first kappa shape index (κ1) is 11.7. The zero-order chi connectivity index (χ0) is 12.4. The van der Waals surface area contributed by atoms with Gasteiger partial charge in [0, 0.05) is 5.69 Å². The molecule has 88 valence electrons.